The molecule has 0 spiro atoms. The van der Waals surface area contributed by atoms with E-state index in [1.165, 1.54) is 0 Å². The van der Waals surface area contributed by atoms with Crippen LogP contribution in [0.2, 0.25) is 0 Å². The molecule has 0 amide bonds. The van der Waals surface area contributed by atoms with Crippen molar-refractivity contribution in [1.82, 2.24) is 14.8 Å². The molecule has 1 aromatic carbocycles. The maximum atomic E-state index is 12.2. The lowest BCUT2D eigenvalue weighted by atomic mass is 10.1. The standard InChI is InChI=1S/C15H17N3O/c1-2-3-6-9-18-15(19)12-10-16-13-8-5-4-7-11(13)14(12)17-18/h4-5,7-8,10,16H,2-3,6,9H2,1H3. The number of para-hydroxylation sites is 1. The molecule has 1 aromatic rings. The highest BCUT2D eigenvalue weighted by molar-refractivity contribution is 5.92. The summed E-state index contributed by atoms with van der Waals surface area (Å²) in [5.74, 6) is 0. The number of H-pyrrole nitrogens is 1. The number of pyridine rings is 1. The zero-order chi connectivity index (χ0) is 13.2. The predicted octanol–water partition coefficient (Wildman–Crippen LogP) is 3.02. The number of hydrogen-bond donors (Lipinski definition) is 1. The minimum atomic E-state index is 0.00751. The fourth-order valence-corrected chi connectivity index (χ4v) is 2.42. The highest BCUT2D eigenvalue weighted by Crippen LogP contribution is 2.24. The number of unbranched alkanes of at least 4 members (excludes halogenated alkanes) is 2. The number of rotatable bonds is 4. The van der Waals surface area contributed by atoms with Crippen molar-refractivity contribution >= 4 is 10.9 Å². The first-order valence-electron chi connectivity index (χ1n) is 6.78. The Morgan fingerprint density at radius 1 is 1.26 bits per heavy atom. The first-order chi connectivity index (χ1) is 9.31. The number of hydrogen-bond acceptors (Lipinski definition) is 2. The van der Waals surface area contributed by atoms with E-state index in [0.29, 0.717) is 12.1 Å². The fraction of sp³-hybridized carbons (Fsp3) is 0.333. The molecule has 2 aliphatic heterocycles. The van der Waals surface area contributed by atoms with Gasteiger partial charge in [0, 0.05) is 23.6 Å². The van der Waals surface area contributed by atoms with Crippen LogP contribution in [0, 0.1) is 0 Å². The number of aryl methyl sites for hydroxylation is 1. The largest absolute Gasteiger partial charge is 0.360 e. The van der Waals surface area contributed by atoms with Crippen molar-refractivity contribution in [3.63, 3.8) is 0 Å². The molecule has 0 atom stereocenters. The third-order valence-corrected chi connectivity index (χ3v) is 3.47. The average Bonchev–Trinajstić information content (AvgIpc) is 2.77. The van der Waals surface area contributed by atoms with Crippen molar-refractivity contribution in [3.05, 3.63) is 40.8 Å². The van der Waals surface area contributed by atoms with Gasteiger partial charge in [0.15, 0.2) is 0 Å². The molecule has 1 N–H and O–H groups in total. The summed E-state index contributed by atoms with van der Waals surface area (Å²) in [4.78, 5) is 15.4. The van der Waals surface area contributed by atoms with Crippen LogP contribution >= 0.6 is 0 Å². The van der Waals surface area contributed by atoms with Gasteiger partial charge in [-0.3, -0.25) is 4.79 Å². The zero-order valence-corrected chi connectivity index (χ0v) is 11.0. The van der Waals surface area contributed by atoms with Gasteiger partial charge in [0.05, 0.1) is 5.56 Å². The van der Waals surface area contributed by atoms with Gasteiger partial charge in [-0.25, -0.2) is 4.68 Å². The van der Waals surface area contributed by atoms with Crippen molar-refractivity contribution in [2.45, 2.75) is 32.7 Å². The molecule has 0 aliphatic carbocycles. The van der Waals surface area contributed by atoms with Crippen LogP contribution in [0.4, 0.5) is 0 Å². The Morgan fingerprint density at radius 3 is 2.95 bits per heavy atom. The first-order valence-corrected chi connectivity index (χ1v) is 6.78. The summed E-state index contributed by atoms with van der Waals surface area (Å²) in [6, 6.07) is 7.93. The molecular formula is C15H17N3O. The lowest BCUT2D eigenvalue weighted by Crippen LogP contribution is -2.16. The highest BCUT2D eigenvalue weighted by Gasteiger charge is 2.17. The van der Waals surface area contributed by atoms with Gasteiger partial charge in [-0.05, 0) is 12.5 Å². The van der Waals surface area contributed by atoms with Gasteiger partial charge in [0.2, 0.25) is 0 Å². The van der Waals surface area contributed by atoms with Gasteiger partial charge in [0.25, 0.3) is 5.56 Å². The van der Waals surface area contributed by atoms with Crippen LogP contribution in [0.5, 0.6) is 0 Å². The second-order valence-electron chi connectivity index (χ2n) is 4.83. The van der Waals surface area contributed by atoms with Crippen molar-refractivity contribution in [2.75, 3.05) is 0 Å². The number of fused-ring (bicyclic) bond motifs is 3. The predicted molar refractivity (Wildman–Crippen MR) is 76.5 cm³/mol. The Hall–Kier alpha value is -2.10. The Labute approximate surface area is 111 Å². The van der Waals surface area contributed by atoms with E-state index in [4.69, 9.17) is 0 Å². The smallest absolute Gasteiger partial charge is 0.277 e. The van der Waals surface area contributed by atoms with Crippen LogP contribution in [0.25, 0.3) is 22.2 Å². The Kier molecular flexibility index (Phi) is 3.07. The molecule has 0 unspecified atom stereocenters. The summed E-state index contributed by atoms with van der Waals surface area (Å²) in [5.41, 5.74) is 2.49. The van der Waals surface area contributed by atoms with Crippen molar-refractivity contribution in [1.29, 1.82) is 0 Å². The molecule has 19 heavy (non-hydrogen) atoms. The molecule has 2 heterocycles. The fourth-order valence-electron chi connectivity index (χ4n) is 2.42. The molecule has 98 valence electrons. The van der Waals surface area contributed by atoms with E-state index in [1.807, 2.05) is 24.3 Å². The minimum absolute atomic E-state index is 0.00751. The number of aromatic nitrogens is 3. The molecule has 4 heteroatoms. The van der Waals surface area contributed by atoms with Gasteiger partial charge in [-0.2, -0.15) is 5.10 Å². The van der Waals surface area contributed by atoms with Crippen molar-refractivity contribution in [2.24, 2.45) is 0 Å². The van der Waals surface area contributed by atoms with Gasteiger partial charge in [0.1, 0.15) is 5.69 Å². The number of nitrogens with zero attached hydrogens (tertiary/aromatic N) is 2. The molecule has 0 bridgehead atoms. The van der Waals surface area contributed by atoms with E-state index < -0.39 is 0 Å². The summed E-state index contributed by atoms with van der Waals surface area (Å²) in [6.45, 7) is 2.86. The maximum absolute atomic E-state index is 12.2. The molecular weight excluding hydrogens is 238 g/mol. The number of nitrogens with one attached hydrogen (secondary N) is 1. The summed E-state index contributed by atoms with van der Waals surface area (Å²) in [6.07, 6.45) is 5.04. The van der Waals surface area contributed by atoms with E-state index in [1.54, 1.807) is 10.9 Å². The van der Waals surface area contributed by atoms with E-state index >= 15 is 0 Å². The SMILES string of the molecule is CCCCCn1nc2c3ccccc3[nH]cc-2c1=O. The number of aromatic amines is 1. The van der Waals surface area contributed by atoms with Crippen LogP contribution in [-0.4, -0.2) is 14.8 Å². The van der Waals surface area contributed by atoms with Crippen molar-refractivity contribution in [3.8, 4) is 11.3 Å². The lowest BCUT2D eigenvalue weighted by Gasteiger charge is -2.01. The Morgan fingerprint density at radius 2 is 2.11 bits per heavy atom. The average molecular weight is 255 g/mol. The minimum Gasteiger partial charge on any atom is -0.360 e. The Balaban J connectivity index is 2.11. The van der Waals surface area contributed by atoms with E-state index in [2.05, 4.69) is 17.0 Å². The summed E-state index contributed by atoms with van der Waals surface area (Å²) in [5, 5.41) is 5.50. The molecule has 4 nitrogen and oxygen atoms in total. The van der Waals surface area contributed by atoms with Gasteiger partial charge >= 0.3 is 0 Å². The maximum Gasteiger partial charge on any atom is 0.277 e. The molecule has 0 aromatic heterocycles. The van der Waals surface area contributed by atoms with Crippen LogP contribution in [0.15, 0.2) is 35.3 Å². The normalized spacial score (nSPS) is 11.4. The summed E-state index contributed by atoms with van der Waals surface area (Å²) in [7, 11) is 0. The molecule has 0 radical (unpaired) electrons. The second-order valence-corrected chi connectivity index (χ2v) is 4.83. The second kappa shape index (κ2) is 4.88. The van der Waals surface area contributed by atoms with E-state index in [-0.39, 0.29) is 5.56 Å². The van der Waals surface area contributed by atoms with Crippen LogP contribution in [0.3, 0.4) is 0 Å². The van der Waals surface area contributed by atoms with Gasteiger partial charge in [-0.15, -0.1) is 0 Å². The molecule has 0 saturated heterocycles. The van der Waals surface area contributed by atoms with Crippen LogP contribution in [0.1, 0.15) is 26.2 Å². The lowest BCUT2D eigenvalue weighted by molar-refractivity contribution is 0.543. The summed E-state index contributed by atoms with van der Waals surface area (Å²) < 4.78 is 1.60. The third kappa shape index (κ3) is 2.03. The number of benzene rings is 1. The van der Waals surface area contributed by atoms with E-state index in [0.717, 1.165) is 35.9 Å². The Bertz CT molecular complexity index is 726. The molecule has 0 saturated carbocycles. The topological polar surface area (TPSA) is 50.7 Å². The molecule has 2 aliphatic rings. The van der Waals surface area contributed by atoms with Crippen molar-refractivity contribution < 1.29 is 0 Å². The summed E-state index contributed by atoms with van der Waals surface area (Å²) >= 11 is 0. The molecule has 3 rings (SSSR count). The van der Waals surface area contributed by atoms with Gasteiger partial charge < -0.3 is 4.98 Å². The first kappa shape index (κ1) is 12.0. The van der Waals surface area contributed by atoms with Crippen LogP contribution < -0.4 is 5.56 Å². The van der Waals surface area contributed by atoms with Crippen LogP contribution in [-0.2, 0) is 6.54 Å². The van der Waals surface area contributed by atoms with Gasteiger partial charge in [-0.1, -0.05) is 38.0 Å². The third-order valence-electron chi connectivity index (χ3n) is 3.47. The monoisotopic (exact) mass is 255 g/mol. The molecule has 0 fully saturated rings. The quantitative estimate of drug-likeness (QED) is 0.728. The highest BCUT2D eigenvalue weighted by atomic mass is 16.1. The zero-order valence-electron chi connectivity index (χ0n) is 11.0. The van der Waals surface area contributed by atoms with E-state index in [9.17, 15) is 4.79 Å².